The molecule has 4 unspecified atom stereocenters. The number of halogens is 2. The highest BCUT2D eigenvalue weighted by molar-refractivity contribution is 9.11. The molecular formula is C26H24Br2O12. The van der Waals surface area contributed by atoms with Gasteiger partial charge in [-0.05, 0) is 44.0 Å². The summed E-state index contributed by atoms with van der Waals surface area (Å²) in [6, 6.07) is 2.98. The van der Waals surface area contributed by atoms with Gasteiger partial charge >= 0.3 is 23.9 Å². The van der Waals surface area contributed by atoms with Crippen molar-refractivity contribution in [1.29, 1.82) is 0 Å². The van der Waals surface area contributed by atoms with Crippen molar-refractivity contribution in [3.05, 3.63) is 32.2 Å². The number of fused-ring (bicyclic) bond motifs is 1. The number of benzene rings is 2. The second kappa shape index (κ2) is 11.5. The Morgan fingerprint density at radius 3 is 1.27 bits per heavy atom. The molecule has 0 amide bonds. The van der Waals surface area contributed by atoms with Crippen LogP contribution >= 0.6 is 31.9 Å². The topological polar surface area (TPSA) is 142 Å². The molecule has 4 atom stereocenters. The van der Waals surface area contributed by atoms with E-state index in [9.17, 15) is 19.2 Å². The van der Waals surface area contributed by atoms with Gasteiger partial charge in [0, 0.05) is 25.0 Å². The molecule has 2 aromatic carbocycles. The van der Waals surface area contributed by atoms with E-state index < -0.39 is 47.9 Å². The number of hydrogen-bond acceptors (Lipinski definition) is 12. The van der Waals surface area contributed by atoms with Gasteiger partial charge in [-0.25, -0.2) is 0 Å². The molecule has 214 valence electrons. The molecule has 0 aromatic heterocycles. The predicted octanol–water partition coefficient (Wildman–Crippen LogP) is 4.23. The molecule has 2 fully saturated rings. The van der Waals surface area contributed by atoms with E-state index in [4.69, 9.17) is 37.9 Å². The SMILES string of the molecule is COc1cc(C2OC(=O)C3C(c4cc(OC)c(OC(C)=O)c(OC)c4Br)OC(=O)C23)c(Br)c(OC)c1OC(C)=O. The van der Waals surface area contributed by atoms with Crippen LogP contribution in [0.15, 0.2) is 21.1 Å². The standard InChI is InChI=1S/C26H24Br2O12/c1-9(29)37-21-13(33-3)7-11(17(27)23(21)35-5)19-15-16(26(32)39-19)20(40-25(15)31)12-8-14(34-4)22(38-10(2)30)24(36-6)18(12)28/h7-8,15-16,19-20H,1-6H3. The minimum absolute atomic E-state index is 0.0110. The first kappa shape index (κ1) is 29.5. The van der Waals surface area contributed by atoms with E-state index >= 15 is 0 Å². The minimum atomic E-state index is -1.10. The van der Waals surface area contributed by atoms with Crippen LogP contribution in [-0.2, 0) is 28.7 Å². The molecule has 14 heteroatoms. The third-order valence-corrected chi connectivity index (χ3v) is 8.00. The normalized spacial score (nSPS) is 21.2. The Balaban J connectivity index is 1.81. The van der Waals surface area contributed by atoms with Crippen LogP contribution in [0.2, 0.25) is 0 Å². The van der Waals surface area contributed by atoms with E-state index in [0.717, 1.165) is 0 Å². The Morgan fingerprint density at radius 1 is 0.650 bits per heavy atom. The van der Waals surface area contributed by atoms with E-state index in [2.05, 4.69) is 31.9 Å². The number of rotatable bonds is 8. The average molecular weight is 688 g/mol. The third-order valence-electron chi connectivity index (χ3n) is 6.36. The fourth-order valence-corrected chi connectivity index (χ4v) is 6.14. The van der Waals surface area contributed by atoms with E-state index in [1.54, 1.807) is 0 Å². The summed E-state index contributed by atoms with van der Waals surface area (Å²) >= 11 is 6.86. The van der Waals surface area contributed by atoms with Crippen LogP contribution in [0.4, 0.5) is 0 Å². The van der Waals surface area contributed by atoms with E-state index in [1.165, 1.54) is 54.4 Å². The van der Waals surface area contributed by atoms with Crippen molar-refractivity contribution < 1.29 is 57.1 Å². The molecule has 0 saturated carbocycles. The number of methoxy groups -OCH3 is 4. The van der Waals surface area contributed by atoms with Gasteiger partial charge < -0.3 is 37.9 Å². The first-order valence-electron chi connectivity index (χ1n) is 11.6. The maximum absolute atomic E-state index is 13.3. The van der Waals surface area contributed by atoms with Crippen molar-refractivity contribution in [3.63, 3.8) is 0 Å². The highest BCUT2D eigenvalue weighted by Crippen LogP contribution is 2.58. The van der Waals surface area contributed by atoms with E-state index in [1.807, 2.05) is 0 Å². The first-order chi connectivity index (χ1) is 19.0. The van der Waals surface area contributed by atoms with Gasteiger partial charge in [0.25, 0.3) is 0 Å². The Morgan fingerprint density at radius 2 is 1.00 bits per heavy atom. The summed E-state index contributed by atoms with van der Waals surface area (Å²) in [6.45, 7) is 2.44. The van der Waals surface area contributed by atoms with Gasteiger partial charge in [0.05, 0.1) is 37.4 Å². The lowest BCUT2D eigenvalue weighted by Gasteiger charge is -2.21. The number of ether oxygens (including phenoxy) is 8. The van der Waals surface area contributed by atoms with Crippen LogP contribution in [0.1, 0.15) is 37.2 Å². The summed E-state index contributed by atoms with van der Waals surface area (Å²) in [6.07, 6.45) is -2.19. The molecule has 0 bridgehead atoms. The first-order valence-corrected chi connectivity index (χ1v) is 13.2. The van der Waals surface area contributed by atoms with Gasteiger partial charge in [0.15, 0.2) is 23.0 Å². The molecule has 0 aliphatic carbocycles. The largest absolute Gasteiger partial charge is 0.493 e. The molecule has 40 heavy (non-hydrogen) atoms. The molecule has 12 nitrogen and oxygen atoms in total. The summed E-state index contributed by atoms with van der Waals surface area (Å²) in [5.41, 5.74) is 0.671. The van der Waals surface area contributed by atoms with Crippen molar-refractivity contribution in [2.24, 2.45) is 11.8 Å². The smallest absolute Gasteiger partial charge is 0.314 e. The van der Waals surface area contributed by atoms with E-state index in [-0.39, 0.29) is 43.4 Å². The summed E-state index contributed by atoms with van der Waals surface area (Å²) in [4.78, 5) is 49.9. The van der Waals surface area contributed by atoms with Gasteiger partial charge in [-0.2, -0.15) is 0 Å². The van der Waals surface area contributed by atoms with Crippen LogP contribution in [0.25, 0.3) is 0 Å². The second-order valence-electron chi connectivity index (χ2n) is 8.64. The number of esters is 4. The Kier molecular flexibility index (Phi) is 8.49. The van der Waals surface area contributed by atoms with Crippen molar-refractivity contribution in [2.45, 2.75) is 26.1 Å². The summed E-state index contributed by atoms with van der Waals surface area (Å²) < 4.78 is 44.3. The van der Waals surface area contributed by atoms with Crippen molar-refractivity contribution in [2.75, 3.05) is 28.4 Å². The highest BCUT2D eigenvalue weighted by atomic mass is 79.9. The summed E-state index contributed by atoms with van der Waals surface area (Å²) in [7, 11) is 5.44. The number of carbonyl (C=O) groups is 4. The lowest BCUT2D eigenvalue weighted by molar-refractivity contribution is -0.155. The maximum Gasteiger partial charge on any atom is 0.314 e. The molecule has 2 heterocycles. The van der Waals surface area contributed by atoms with Gasteiger partial charge in [-0.3, -0.25) is 19.2 Å². The van der Waals surface area contributed by atoms with Crippen molar-refractivity contribution >= 4 is 55.7 Å². The van der Waals surface area contributed by atoms with Gasteiger partial charge in [-0.15, -0.1) is 0 Å². The Labute approximate surface area is 245 Å². The van der Waals surface area contributed by atoms with Gasteiger partial charge in [0.1, 0.15) is 24.0 Å². The zero-order valence-electron chi connectivity index (χ0n) is 22.1. The summed E-state index contributed by atoms with van der Waals surface area (Å²) in [5.74, 6) is -4.24. The molecule has 0 spiro atoms. The molecule has 0 radical (unpaired) electrons. The van der Waals surface area contributed by atoms with Gasteiger partial charge in [-0.1, -0.05) is 0 Å². The molecule has 2 aromatic rings. The van der Waals surface area contributed by atoms with Crippen molar-refractivity contribution in [1.82, 2.24) is 0 Å². The summed E-state index contributed by atoms with van der Waals surface area (Å²) in [5, 5.41) is 0. The lowest BCUT2D eigenvalue weighted by atomic mass is 9.84. The van der Waals surface area contributed by atoms with Crippen LogP contribution in [0, 0.1) is 11.8 Å². The highest BCUT2D eigenvalue weighted by Gasteiger charge is 2.61. The second-order valence-corrected chi connectivity index (χ2v) is 10.2. The zero-order chi connectivity index (χ0) is 29.5. The quantitative estimate of drug-likeness (QED) is 0.290. The molecule has 0 N–H and O–H groups in total. The predicted molar refractivity (Wildman–Crippen MR) is 142 cm³/mol. The van der Waals surface area contributed by atoms with E-state index in [0.29, 0.717) is 11.1 Å². The van der Waals surface area contributed by atoms with Crippen molar-refractivity contribution in [3.8, 4) is 34.5 Å². The lowest BCUT2D eigenvalue weighted by Crippen LogP contribution is -2.20. The molecule has 4 rings (SSSR count). The third kappa shape index (κ3) is 4.94. The molecule has 2 aliphatic rings. The molecule has 2 saturated heterocycles. The number of cyclic esters (lactones) is 2. The Hall–Kier alpha value is -3.52. The van der Waals surface area contributed by atoms with Crippen LogP contribution < -0.4 is 28.4 Å². The molecular weight excluding hydrogens is 664 g/mol. The fourth-order valence-electron chi connectivity index (χ4n) is 4.77. The fraction of sp³-hybridized carbons (Fsp3) is 0.385. The average Bonchev–Trinajstić information content (AvgIpc) is 3.42. The monoisotopic (exact) mass is 686 g/mol. The minimum Gasteiger partial charge on any atom is -0.493 e. The number of hydrogen-bond donors (Lipinski definition) is 0. The zero-order valence-corrected chi connectivity index (χ0v) is 25.3. The van der Waals surface area contributed by atoms with Crippen LogP contribution in [-0.4, -0.2) is 52.3 Å². The number of carbonyl (C=O) groups excluding carboxylic acids is 4. The van der Waals surface area contributed by atoms with Crippen LogP contribution in [0.5, 0.6) is 34.5 Å². The van der Waals surface area contributed by atoms with Crippen LogP contribution in [0.3, 0.4) is 0 Å². The maximum atomic E-state index is 13.3. The van der Waals surface area contributed by atoms with Gasteiger partial charge in [0.2, 0.25) is 11.5 Å². The molecule has 2 aliphatic heterocycles. The Bertz CT molecular complexity index is 1300.